The van der Waals surface area contributed by atoms with Gasteiger partial charge in [-0.15, -0.1) is 0 Å². The molecule has 20 heavy (non-hydrogen) atoms. The van der Waals surface area contributed by atoms with Crippen LogP contribution < -0.4 is 11.1 Å². The molecule has 0 amide bonds. The van der Waals surface area contributed by atoms with Crippen LogP contribution in [0.1, 0.15) is 19.3 Å². The first kappa shape index (κ1) is 15.3. The Kier molecular flexibility index (Phi) is 6.29. The van der Waals surface area contributed by atoms with E-state index < -0.39 is 0 Å². The van der Waals surface area contributed by atoms with E-state index in [1.54, 1.807) is 0 Å². The fourth-order valence-electron chi connectivity index (χ4n) is 2.05. The van der Waals surface area contributed by atoms with E-state index in [1.807, 2.05) is 0 Å². The average molecular weight is 301 g/mol. The van der Waals surface area contributed by atoms with Gasteiger partial charge in [0.25, 0.3) is 0 Å². The van der Waals surface area contributed by atoms with E-state index in [0.29, 0.717) is 22.6 Å². The molecule has 0 spiro atoms. The maximum atomic E-state index is 5.98. The second-order valence-corrected chi connectivity index (χ2v) is 5.21. The third-order valence-electron chi connectivity index (χ3n) is 3.27. The molecule has 1 fully saturated rings. The zero-order valence-corrected chi connectivity index (χ0v) is 12.2. The minimum Gasteiger partial charge on any atom is -0.382 e. The highest BCUT2D eigenvalue weighted by Crippen LogP contribution is 2.22. The van der Waals surface area contributed by atoms with Crippen LogP contribution in [0.5, 0.6) is 0 Å². The molecule has 0 aliphatic carbocycles. The first-order valence-corrected chi connectivity index (χ1v) is 7.30. The van der Waals surface area contributed by atoms with Crippen molar-refractivity contribution in [3.05, 3.63) is 11.3 Å². The van der Waals surface area contributed by atoms with Gasteiger partial charge in [-0.05, 0) is 25.2 Å². The van der Waals surface area contributed by atoms with Crippen LogP contribution in [0.3, 0.4) is 0 Å². The third kappa shape index (κ3) is 4.77. The van der Waals surface area contributed by atoms with Crippen LogP contribution in [-0.4, -0.2) is 42.9 Å². The Balaban J connectivity index is 1.56. The lowest BCUT2D eigenvalue weighted by molar-refractivity contribution is 0.0206. The fourth-order valence-corrected chi connectivity index (χ4v) is 2.22. The van der Waals surface area contributed by atoms with Gasteiger partial charge in [0.2, 0.25) is 0 Å². The molecule has 0 radical (unpaired) electrons. The van der Waals surface area contributed by atoms with Crippen molar-refractivity contribution >= 4 is 23.2 Å². The average Bonchev–Trinajstić information content (AvgIpc) is 2.48. The first-order chi connectivity index (χ1) is 9.77. The highest BCUT2D eigenvalue weighted by atomic mass is 35.5. The van der Waals surface area contributed by atoms with E-state index in [4.69, 9.17) is 26.8 Å². The summed E-state index contributed by atoms with van der Waals surface area (Å²) in [5.74, 6) is 1.51. The Morgan fingerprint density at radius 3 is 3.00 bits per heavy atom. The zero-order chi connectivity index (χ0) is 14.2. The minimum atomic E-state index is 0.292. The van der Waals surface area contributed by atoms with Crippen LogP contribution in [0.4, 0.5) is 11.6 Å². The molecule has 0 bridgehead atoms. The van der Waals surface area contributed by atoms with Crippen molar-refractivity contribution in [3.8, 4) is 0 Å². The Bertz CT molecular complexity index is 413. The zero-order valence-electron chi connectivity index (χ0n) is 11.5. The molecule has 1 aromatic heterocycles. The molecular weight excluding hydrogens is 280 g/mol. The van der Waals surface area contributed by atoms with Crippen molar-refractivity contribution in [2.75, 3.05) is 44.0 Å². The number of rotatable bonds is 7. The van der Waals surface area contributed by atoms with Crippen LogP contribution in [0.2, 0.25) is 5.02 Å². The van der Waals surface area contributed by atoms with Gasteiger partial charge in [0.15, 0.2) is 0 Å². The molecule has 1 aliphatic heterocycles. The summed E-state index contributed by atoms with van der Waals surface area (Å²) in [6, 6.07) is 0. The molecule has 7 heteroatoms. The lowest BCUT2D eigenvalue weighted by Crippen LogP contribution is -2.20. The molecule has 112 valence electrons. The molecule has 0 unspecified atom stereocenters. The Labute approximate surface area is 124 Å². The number of nitrogens with one attached hydrogen (secondary N) is 1. The Hall–Kier alpha value is -1.11. The largest absolute Gasteiger partial charge is 0.382 e. The number of ether oxygens (including phenoxy) is 2. The summed E-state index contributed by atoms with van der Waals surface area (Å²) in [5, 5.41) is 3.50. The summed E-state index contributed by atoms with van der Waals surface area (Å²) in [6.45, 7) is 4.02. The standard InChI is InChI=1S/C13H21ClN4O2/c14-11-12(15)17-9-18-13(11)16-4-1-5-20-8-10-2-6-19-7-3-10/h9-10H,1-8H2,(H3,15,16,17,18). The summed E-state index contributed by atoms with van der Waals surface area (Å²) in [6.07, 6.45) is 4.50. The smallest absolute Gasteiger partial charge is 0.150 e. The highest BCUT2D eigenvalue weighted by molar-refractivity contribution is 6.35. The number of nitrogens with zero attached hydrogens (tertiary/aromatic N) is 2. The summed E-state index contributed by atoms with van der Waals surface area (Å²) in [5.41, 5.74) is 5.60. The SMILES string of the molecule is Nc1ncnc(NCCCOCC2CCOCC2)c1Cl. The minimum absolute atomic E-state index is 0.292. The van der Waals surface area contributed by atoms with Gasteiger partial charge >= 0.3 is 0 Å². The molecule has 1 aliphatic rings. The maximum Gasteiger partial charge on any atom is 0.150 e. The van der Waals surface area contributed by atoms with Crippen molar-refractivity contribution < 1.29 is 9.47 Å². The fraction of sp³-hybridized carbons (Fsp3) is 0.692. The van der Waals surface area contributed by atoms with Gasteiger partial charge in [0.1, 0.15) is 23.0 Å². The van der Waals surface area contributed by atoms with Crippen molar-refractivity contribution in [3.63, 3.8) is 0 Å². The van der Waals surface area contributed by atoms with Crippen molar-refractivity contribution in [2.45, 2.75) is 19.3 Å². The number of nitrogens with two attached hydrogens (primary N) is 1. The molecule has 1 aromatic rings. The van der Waals surface area contributed by atoms with Crippen LogP contribution in [0, 0.1) is 5.92 Å². The van der Waals surface area contributed by atoms with Crippen LogP contribution in [0.25, 0.3) is 0 Å². The van der Waals surface area contributed by atoms with Crippen LogP contribution in [-0.2, 0) is 9.47 Å². The van der Waals surface area contributed by atoms with Gasteiger partial charge in [-0.25, -0.2) is 9.97 Å². The Morgan fingerprint density at radius 2 is 2.20 bits per heavy atom. The number of hydrogen-bond donors (Lipinski definition) is 2. The highest BCUT2D eigenvalue weighted by Gasteiger charge is 2.13. The number of halogens is 1. The van der Waals surface area contributed by atoms with Gasteiger partial charge in [0, 0.05) is 33.0 Å². The predicted octanol–water partition coefficient (Wildman–Crippen LogP) is 1.96. The molecule has 0 aromatic carbocycles. The normalized spacial score (nSPS) is 16.2. The number of aromatic nitrogens is 2. The second kappa shape index (κ2) is 8.24. The van der Waals surface area contributed by atoms with Gasteiger partial charge in [-0.3, -0.25) is 0 Å². The summed E-state index contributed by atoms with van der Waals surface area (Å²) >= 11 is 5.98. The second-order valence-electron chi connectivity index (χ2n) is 4.83. The molecule has 6 nitrogen and oxygen atoms in total. The molecule has 3 N–H and O–H groups in total. The topological polar surface area (TPSA) is 82.3 Å². The summed E-state index contributed by atoms with van der Waals surface area (Å²) < 4.78 is 11.0. The van der Waals surface area contributed by atoms with Gasteiger partial charge < -0.3 is 20.5 Å². The number of anilines is 2. The quantitative estimate of drug-likeness (QED) is 0.749. The van der Waals surface area contributed by atoms with Gasteiger partial charge in [0.05, 0.1) is 0 Å². The lowest BCUT2D eigenvalue weighted by atomic mass is 10.0. The van der Waals surface area contributed by atoms with E-state index >= 15 is 0 Å². The van der Waals surface area contributed by atoms with Crippen molar-refractivity contribution in [1.29, 1.82) is 0 Å². The van der Waals surface area contributed by atoms with Crippen molar-refractivity contribution in [1.82, 2.24) is 9.97 Å². The molecule has 0 saturated carbocycles. The third-order valence-corrected chi connectivity index (χ3v) is 3.64. The molecular formula is C13H21ClN4O2. The summed E-state index contributed by atoms with van der Waals surface area (Å²) in [4.78, 5) is 7.85. The Morgan fingerprint density at radius 1 is 1.40 bits per heavy atom. The van der Waals surface area contributed by atoms with E-state index in [0.717, 1.165) is 52.2 Å². The van der Waals surface area contributed by atoms with E-state index in [1.165, 1.54) is 6.33 Å². The number of nitrogen functional groups attached to an aromatic ring is 1. The van der Waals surface area contributed by atoms with E-state index in [9.17, 15) is 0 Å². The first-order valence-electron chi connectivity index (χ1n) is 6.92. The van der Waals surface area contributed by atoms with E-state index in [2.05, 4.69) is 15.3 Å². The van der Waals surface area contributed by atoms with Gasteiger partial charge in [-0.1, -0.05) is 11.6 Å². The maximum absolute atomic E-state index is 5.98. The van der Waals surface area contributed by atoms with Crippen molar-refractivity contribution in [2.24, 2.45) is 5.92 Å². The lowest BCUT2D eigenvalue weighted by Gasteiger charge is -2.21. The molecule has 0 atom stereocenters. The van der Waals surface area contributed by atoms with E-state index in [-0.39, 0.29) is 0 Å². The number of hydrogen-bond acceptors (Lipinski definition) is 6. The molecule has 2 heterocycles. The molecule has 1 saturated heterocycles. The summed E-state index contributed by atoms with van der Waals surface area (Å²) in [7, 11) is 0. The van der Waals surface area contributed by atoms with Gasteiger partial charge in [-0.2, -0.15) is 0 Å². The monoisotopic (exact) mass is 300 g/mol. The van der Waals surface area contributed by atoms with Crippen LogP contribution >= 0.6 is 11.6 Å². The molecule has 2 rings (SSSR count). The predicted molar refractivity (Wildman–Crippen MR) is 78.9 cm³/mol. The van der Waals surface area contributed by atoms with Crippen LogP contribution in [0.15, 0.2) is 6.33 Å².